The summed E-state index contributed by atoms with van der Waals surface area (Å²) in [5.41, 5.74) is 5.39. The van der Waals surface area contributed by atoms with E-state index in [1.807, 2.05) is 36.7 Å². The van der Waals surface area contributed by atoms with Gasteiger partial charge < -0.3 is 10.1 Å². The van der Waals surface area contributed by atoms with Crippen molar-refractivity contribution in [3.8, 4) is 5.75 Å². The number of guanidine groups is 1. The Hall–Kier alpha value is -3.32. The van der Waals surface area contributed by atoms with E-state index in [1.54, 1.807) is 31.4 Å². The number of carbonyl (C=O) groups is 1. The zero-order valence-electron chi connectivity index (χ0n) is 19.7. The number of aromatic nitrogens is 2. The first-order valence-corrected chi connectivity index (χ1v) is 11.3. The molecule has 0 saturated heterocycles. The van der Waals surface area contributed by atoms with Crippen molar-refractivity contribution in [1.29, 1.82) is 0 Å². The molecule has 0 atom stereocenters. The summed E-state index contributed by atoms with van der Waals surface area (Å²) in [7, 11) is 1.58. The van der Waals surface area contributed by atoms with Gasteiger partial charge in [-0.25, -0.2) is 0 Å². The van der Waals surface area contributed by atoms with Crippen LogP contribution in [0.1, 0.15) is 39.8 Å². The van der Waals surface area contributed by atoms with Crippen LogP contribution < -0.4 is 15.4 Å². The van der Waals surface area contributed by atoms with Crippen LogP contribution in [0.25, 0.3) is 0 Å². The third-order valence-corrected chi connectivity index (χ3v) is 5.73. The number of benzene rings is 2. The molecule has 3 rings (SSSR count). The van der Waals surface area contributed by atoms with Crippen molar-refractivity contribution >= 4 is 29.2 Å². The van der Waals surface area contributed by atoms with E-state index >= 15 is 0 Å². The lowest BCUT2D eigenvalue weighted by Crippen LogP contribution is -2.36. The topological polar surface area (TPSA) is 80.5 Å². The summed E-state index contributed by atoms with van der Waals surface area (Å²) >= 11 is 6.18. The third-order valence-electron chi connectivity index (χ3n) is 5.50. The minimum Gasteiger partial charge on any atom is -0.495 e. The van der Waals surface area contributed by atoms with Crippen molar-refractivity contribution in [2.75, 3.05) is 19.0 Å². The Morgan fingerprint density at radius 3 is 2.61 bits per heavy atom. The van der Waals surface area contributed by atoms with E-state index < -0.39 is 0 Å². The fourth-order valence-electron chi connectivity index (χ4n) is 3.70. The van der Waals surface area contributed by atoms with E-state index in [1.165, 1.54) is 5.56 Å². The lowest BCUT2D eigenvalue weighted by atomic mass is 10.1. The molecule has 1 aromatic heterocycles. The number of ether oxygens (including phenoxy) is 1. The molecule has 0 radical (unpaired) electrons. The van der Waals surface area contributed by atoms with Crippen molar-refractivity contribution in [3.05, 3.63) is 75.6 Å². The molecule has 1 amide bonds. The van der Waals surface area contributed by atoms with Crippen molar-refractivity contribution in [2.24, 2.45) is 4.99 Å². The first kappa shape index (κ1) is 24.3. The highest BCUT2D eigenvalue weighted by Gasteiger charge is 2.14. The Morgan fingerprint density at radius 2 is 1.94 bits per heavy atom. The summed E-state index contributed by atoms with van der Waals surface area (Å²) in [4.78, 5) is 17.6. The van der Waals surface area contributed by atoms with Gasteiger partial charge >= 0.3 is 0 Å². The molecule has 0 fully saturated rings. The summed E-state index contributed by atoms with van der Waals surface area (Å²) < 4.78 is 7.42. The zero-order valence-corrected chi connectivity index (χ0v) is 20.5. The number of halogens is 1. The molecule has 0 aliphatic heterocycles. The van der Waals surface area contributed by atoms with Crippen LogP contribution in [0.2, 0.25) is 5.02 Å². The molecule has 0 bridgehead atoms. The van der Waals surface area contributed by atoms with E-state index in [-0.39, 0.29) is 5.91 Å². The summed E-state index contributed by atoms with van der Waals surface area (Å²) in [5.74, 6) is 0.668. The number of nitrogens with one attached hydrogen (secondary N) is 2. The number of carbonyl (C=O) groups excluding carboxylic acids is 1. The van der Waals surface area contributed by atoms with Crippen LogP contribution in [0.3, 0.4) is 0 Å². The normalized spacial score (nSPS) is 11.4. The molecule has 0 unspecified atom stereocenters. The standard InChI is InChI=1S/C25H30ClN5O2/c1-6-31-18(4)21(17(3)30-31)13-14-27-25(28-22-15-19(26)11-12-23(22)33-5)29-24(32)20-10-8-7-9-16(20)2/h7-12,15H,6,13-14H2,1-5H3,(H2,27,28,29,32). The average Bonchev–Trinajstić information content (AvgIpc) is 3.07. The number of hydrogen-bond donors (Lipinski definition) is 2. The second-order valence-corrected chi connectivity index (χ2v) is 8.12. The number of amides is 1. The number of aliphatic imine (C=N–C) groups is 1. The van der Waals surface area contributed by atoms with Crippen LogP contribution in [0.5, 0.6) is 5.75 Å². The Bertz CT molecular complexity index is 1170. The van der Waals surface area contributed by atoms with E-state index in [4.69, 9.17) is 16.3 Å². The fourth-order valence-corrected chi connectivity index (χ4v) is 3.87. The first-order chi connectivity index (χ1) is 15.8. The first-order valence-electron chi connectivity index (χ1n) is 10.9. The summed E-state index contributed by atoms with van der Waals surface area (Å²) in [5, 5.41) is 11.2. The SMILES string of the molecule is CCn1nc(C)c(CCN=C(NC(=O)c2ccccc2C)Nc2cc(Cl)ccc2OC)c1C. The summed E-state index contributed by atoms with van der Waals surface area (Å²) in [6, 6.07) is 12.7. The van der Waals surface area contributed by atoms with Crippen LogP contribution in [0, 0.1) is 20.8 Å². The van der Waals surface area contributed by atoms with Gasteiger partial charge in [0.15, 0.2) is 0 Å². The fraction of sp³-hybridized carbons (Fsp3) is 0.320. The quantitative estimate of drug-likeness (QED) is 0.381. The monoisotopic (exact) mass is 467 g/mol. The van der Waals surface area contributed by atoms with Crippen LogP contribution in [0.15, 0.2) is 47.5 Å². The predicted molar refractivity (Wildman–Crippen MR) is 134 cm³/mol. The maximum Gasteiger partial charge on any atom is 0.258 e. The second kappa shape index (κ2) is 11.0. The van der Waals surface area contributed by atoms with E-state index in [0.29, 0.717) is 40.9 Å². The lowest BCUT2D eigenvalue weighted by molar-refractivity contribution is 0.0976. The smallest absolute Gasteiger partial charge is 0.258 e. The maximum atomic E-state index is 13.0. The van der Waals surface area contributed by atoms with Crippen molar-refractivity contribution in [2.45, 2.75) is 40.7 Å². The predicted octanol–water partition coefficient (Wildman–Crippen LogP) is 4.93. The van der Waals surface area contributed by atoms with E-state index in [9.17, 15) is 4.79 Å². The molecule has 7 nitrogen and oxygen atoms in total. The molecular weight excluding hydrogens is 438 g/mol. The van der Waals surface area contributed by atoms with Gasteiger partial charge in [0.2, 0.25) is 5.96 Å². The van der Waals surface area contributed by atoms with Gasteiger partial charge in [0.05, 0.1) is 18.5 Å². The minimum atomic E-state index is -0.244. The molecule has 0 aliphatic carbocycles. The van der Waals surface area contributed by atoms with Gasteiger partial charge in [-0.2, -0.15) is 5.10 Å². The molecule has 2 aromatic carbocycles. The van der Waals surface area contributed by atoms with E-state index in [0.717, 1.165) is 23.5 Å². The maximum absolute atomic E-state index is 13.0. The van der Waals surface area contributed by atoms with Gasteiger partial charge in [-0.05, 0) is 69.5 Å². The number of nitrogens with zero attached hydrogens (tertiary/aromatic N) is 3. The third kappa shape index (κ3) is 5.93. The Balaban J connectivity index is 1.86. The molecule has 0 saturated carbocycles. The van der Waals surface area contributed by atoms with Crippen LogP contribution >= 0.6 is 11.6 Å². The highest BCUT2D eigenvalue weighted by Crippen LogP contribution is 2.27. The number of hydrogen-bond acceptors (Lipinski definition) is 4. The molecule has 1 heterocycles. The van der Waals surface area contributed by atoms with Crippen LogP contribution in [0.4, 0.5) is 5.69 Å². The largest absolute Gasteiger partial charge is 0.495 e. The Morgan fingerprint density at radius 1 is 1.18 bits per heavy atom. The van der Waals surface area contributed by atoms with Crippen LogP contribution in [-0.4, -0.2) is 35.3 Å². The van der Waals surface area contributed by atoms with Crippen LogP contribution in [-0.2, 0) is 13.0 Å². The molecule has 2 N–H and O–H groups in total. The number of aryl methyl sites for hydroxylation is 3. The molecule has 0 spiro atoms. The lowest BCUT2D eigenvalue weighted by Gasteiger charge is -2.15. The van der Waals surface area contributed by atoms with Gasteiger partial charge in [0.1, 0.15) is 5.75 Å². The Kier molecular flexibility index (Phi) is 8.11. The van der Waals surface area contributed by atoms with Crippen molar-refractivity contribution in [3.63, 3.8) is 0 Å². The molecule has 8 heteroatoms. The van der Waals surface area contributed by atoms with Gasteiger partial charge in [-0.15, -0.1) is 0 Å². The highest BCUT2D eigenvalue weighted by molar-refractivity contribution is 6.31. The number of anilines is 1. The van der Waals surface area contributed by atoms with Gasteiger partial charge in [0.25, 0.3) is 5.91 Å². The molecule has 3 aromatic rings. The zero-order chi connectivity index (χ0) is 24.0. The summed E-state index contributed by atoms with van der Waals surface area (Å²) in [6.07, 6.45) is 0.704. The average molecular weight is 468 g/mol. The number of methoxy groups -OCH3 is 1. The molecule has 0 aliphatic rings. The Labute approximate surface area is 199 Å². The van der Waals surface area contributed by atoms with Gasteiger partial charge in [-0.3, -0.25) is 19.8 Å². The minimum absolute atomic E-state index is 0.244. The van der Waals surface area contributed by atoms with Crippen molar-refractivity contribution < 1.29 is 9.53 Å². The van der Waals surface area contributed by atoms with Gasteiger partial charge in [0, 0.05) is 29.4 Å². The van der Waals surface area contributed by atoms with E-state index in [2.05, 4.69) is 34.6 Å². The van der Waals surface area contributed by atoms with Crippen molar-refractivity contribution in [1.82, 2.24) is 15.1 Å². The van der Waals surface area contributed by atoms with Gasteiger partial charge in [-0.1, -0.05) is 29.8 Å². The number of rotatable bonds is 7. The second-order valence-electron chi connectivity index (χ2n) is 7.68. The molecule has 174 valence electrons. The molecular formula is C25H30ClN5O2. The molecule has 33 heavy (non-hydrogen) atoms. The summed E-state index contributed by atoms with van der Waals surface area (Å²) in [6.45, 7) is 9.34. The highest BCUT2D eigenvalue weighted by atomic mass is 35.5.